The molecular weight excluding hydrogens is 402 g/mol. The zero-order valence-electron chi connectivity index (χ0n) is 17.5. The van der Waals surface area contributed by atoms with E-state index in [1.54, 1.807) is 4.90 Å². The third-order valence-corrected chi connectivity index (χ3v) is 5.37. The van der Waals surface area contributed by atoms with E-state index < -0.39 is 5.60 Å². The highest BCUT2D eigenvalue weighted by Gasteiger charge is 2.25. The van der Waals surface area contributed by atoms with Crippen LogP contribution in [0.1, 0.15) is 26.3 Å². The number of hydrogen-bond donors (Lipinski definition) is 1. The summed E-state index contributed by atoms with van der Waals surface area (Å²) < 4.78 is 5.46. The first kappa shape index (κ1) is 20.6. The summed E-state index contributed by atoms with van der Waals surface area (Å²) in [6.07, 6.45) is 1.23. The van der Waals surface area contributed by atoms with Crippen LogP contribution in [0.3, 0.4) is 0 Å². The number of piperazine rings is 1. The molecule has 30 heavy (non-hydrogen) atoms. The molecule has 158 valence electrons. The number of amides is 1. The van der Waals surface area contributed by atoms with Crippen LogP contribution < -0.4 is 0 Å². The Bertz CT molecular complexity index is 1030. The van der Waals surface area contributed by atoms with Crippen molar-refractivity contribution in [3.05, 3.63) is 47.4 Å². The summed E-state index contributed by atoms with van der Waals surface area (Å²) in [5.74, 6) is 0. The number of rotatable bonds is 3. The summed E-state index contributed by atoms with van der Waals surface area (Å²) >= 11 is 6.14. The Morgan fingerprint density at radius 1 is 1.13 bits per heavy atom. The fourth-order valence-electron chi connectivity index (χ4n) is 3.53. The van der Waals surface area contributed by atoms with E-state index in [0.29, 0.717) is 18.2 Å². The molecule has 1 aromatic carbocycles. The number of ether oxygens (including phenoxy) is 1. The fraction of sp³-hybridized carbons (Fsp3) is 0.409. The van der Waals surface area contributed by atoms with Crippen LogP contribution >= 0.6 is 11.6 Å². The van der Waals surface area contributed by atoms with Gasteiger partial charge in [-0.25, -0.2) is 14.8 Å². The molecule has 0 aliphatic carbocycles. The number of benzene rings is 1. The smallest absolute Gasteiger partial charge is 0.410 e. The van der Waals surface area contributed by atoms with Gasteiger partial charge in [0.25, 0.3) is 0 Å². The first-order valence-electron chi connectivity index (χ1n) is 10.1. The topological polar surface area (TPSA) is 74.3 Å². The number of nitrogens with zero attached hydrogens (tertiary/aromatic N) is 4. The van der Waals surface area contributed by atoms with E-state index in [1.807, 2.05) is 26.8 Å². The van der Waals surface area contributed by atoms with Crippen molar-refractivity contribution in [1.82, 2.24) is 24.8 Å². The number of halogens is 1. The molecule has 3 aromatic rings. The van der Waals surface area contributed by atoms with Crippen molar-refractivity contribution in [3.8, 4) is 11.3 Å². The molecule has 1 fully saturated rings. The third-order valence-electron chi connectivity index (χ3n) is 5.07. The molecule has 0 unspecified atom stereocenters. The van der Waals surface area contributed by atoms with Crippen molar-refractivity contribution in [2.75, 3.05) is 26.2 Å². The van der Waals surface area contributed by atoms with Gasteiger partial charge < -0.3 is 14.6 Å². The van der Waals surface area contributed by atoms with Gasteiger partial charge in [-0.1, -0.05) is 35.9 Å². The van der Waals surface area contributed by atoms with Crippen LogP contribution in [0.15, 0.2) is 36.7 Å². The van der Waals surface area contributed by atoms with Gasteiger partial charge >= 0.3 is 6.09 Å². The van der Waals surface area contributed by atoms with Crippen LogP contribution in [0.2, 0.25) is 5.15 Å². The highest BCUT2D eigenvalue weighted by Crippen LogP contribution is 2.27. The molecule has 2 aromatic heterocycles. The number of hydrogen-bond acceptors (Lipinski definition) is 5. The maximum atomic E-state index is 12.2. The van der Waals surface area contributed by atoms with Crippen LogP contribution in [0, 0.1) is 0 Å². The summed E-state index contributed by atoms with van der Waals surface area (Å²) in [7, 11) is 0. The summed E-state index contributed by atoms with van der Waals surface area (Å²) in [5.41, 5.74) is 3.54. The van der Waals surface area contributed by atoms with E-state index in [4.69, 9.17) is 16.3 Å². The van der Waals surface area contributed by atoms with Crippen molar-refractivity contribution < 1.29 is 9.53 Å². The molecule has 7 nitrogen and oxygen atoms in total. The average Bonchev–Trinajstić information content (AvgIpc) is 3.13. The zero-order valence-corrected chi connectivity index (χ0v) is 18.2. The Hall–Kier alpha value is -2.64. The highest BCUT2D eigenvalue weighted by atomic mass is 35.5. The Labute approximate surface area is 181 Å². The number of nitrogens with one attached hydrogen (secondary N) is 1. The monoisotopic (exact) mass is 427 g/mol. The van der Waals surface area contributed by atoms with Crippen LogP contribution in [0.25, 0.3) is 22.3 Å². The second kappa shape index (κ2) is 8.24. The second-order valence-electron chi connectivity index (χ2n) is 8.55. The van der Waals surface area contributed by atoms with Crippen LogP contribution in [-0.4, -0.2) is 62.6 Å². The van der Waals surface area contributed by atoms with Gasteiger partial charge in [-0.05, 0) is 38.0 Å². The SMILES string of the molecule is CC(C)(C)OC(=O)N1CCN(Cc2ccc(-c3cc4c(Cl)ncnc4[nH]3)cc2)CC1. The Morgan fingerprint density at radius 3 is 2.47 bits per heavy atom. The van der Waals surface area contributed by atoms with E-state index in [9.17, 15) is 4.79 Å². The maximum absolute atomic E-state index is 12.2. The van der Waals surface area contributed by atoms with Crippen LogP contribution in [-0.2, 0) is 11.3 Å². The largest absolute Gasteiger partial charge is 0.444 e. The first-order valence-corrected chi connectivity index (χ1v) is 10.4. The van der Waals surface area contributed by atoms with E-state index in [-0.39, 0.29) is 6.09 Å². The summed E-state index contributed by atoms with van der Waals surface area (Å²) in [4.78, 5) is 27.9. The lowest BCUT2D eigenvalue weighted by Crippen LogP contribution is -2.49. The number of fused-ring (bicyclic) bond motifs is 1. The standard InChI is InChI=1S/C22H26ClN5O2/c1-22(2,3)30-21(29)28-10-8-27(9-11-28)13-15-4-6-16(7-5-15)18-12-17-19(23)24-14-25-20(17)26-18/h4-7,12,14H,8-11,13H2,1-3H3,(H,24,25,26). The lowest BCUT2D eigenvalue weighted by Gasteiger charge is -2.35. The second-order valence-corrected chi connectivity index (χ2v) is 8.91. The maximum Gasteiger partial charge on any atom is 0.410 e. The third kappa shape index (κ3) is 4.74. The van der Waals surface area contributed by atoms with Gasteiger partial charge in [0.15, 0.2) is 0 Å². The molecule has 1 saturated heterocycles. The number of carbonyl (C=O) groups excluding carboxylic acids is 1. The minimum atomic E-state index is -0.459. The van der Waals surface area contributed by atoms with Crippen molar-refractivity contribution in [1.29, 1.82) is 0 Å². The molecular formula is C22H26ClN5O2. The van der Waals surface area contributed by atoms with E-state index in [1.165, 1.54) is 11.9 Å². The molecule has 3 heterocycles. The minimum absolute atomic E-state index is 0.227. The predicted octanol–water partition coefficient (Wildman–Crippen LogP) is 4.33. The molecule has 0 saturated carbocycles. The van der Waals surface area contributed by atoms with E-state index in [2.05, 4.69) is 44.1 Å². The molecule has 1 aliphatic heterocycles. The Morgan fingerprint density at radius 2 is 1.83 bits per heavy atom. The molecule has 1 N–H and O–H groups in total. The van der Waals surface area contributed by atoms with Gasteiger partial charge in [0.2, 0.25) is 0 Å². The highest BCUT2D eigenvalue weighted by molar-refractivity contribution is 6.34. The molecule has 8 heteroatoms. The average molecular weight is 428 g/mol. The Balaban J connectivity index is 1.35. The number of H-pyrrole nitrogens is 1. The molecule has 0 bridgehead atoms. The normalized spacial score (nSPS) is 15.5. The lowest BCUT2D eigenvalue weighted by molar-refractivity contribution is 0.0139. The predicted molar refractivity (Wildman–Crippen MR) is 117 cm³/mol. The fourth-order valence-corrected chi connectivity index (χ4v) is 3.72. The van der Waals surface area contributed by atoms with Gasteiger partial charge in [-0.3, -0.25) is 4.90 Å². The zero-order chi connectivity index (χ0) is 21.3. The first-order chi connectivity index (χ1) is 14.3. The van der Waals surface area contributed by atoms with E-state index in [0.717, 1.165) is 41.9 Å². The van der Waals surface area contributed by atoms with Crippen molar-refractivity contribution >= 4 is 28.7 Å². The van der Waals surface area contributed by atoms with Crippen molar-refractivity contribution in [2.45, 2.75) is 32.9 Å². The quantitative estimate of drug-likeness (QED) is 0.629. The Kier molecular flexibility index (Phi) is 5.66. The van der Waals surface area contributed by atoms with Gasteiger partial charge in [-0.2, -0.15) is 0 Å². The van der Waals surface area contributed by atoms with E-state index >= 15 is 0 Å². The van der Waals surface area contributed by atoms with Gasteiger partial charge in [0.1, 0.15) is 22.7 Å². The minimum Gasteiger partial charge on any atom is -0.444 e. The summed E-state index contributed by atoms with van der Waals surface area (Å²) in [6, 6.07) is 10.4. The number of aromatic nitrogens is 3. The molecule has 1 amide bonds. The summed E-state index contributed by atoms with van der Waals surface area (Å²) in [5, 5.41) is 1.27. The number of carbonyl (C=O) groups is 1. The van der Waals surface area contributed by atoms with Gasteiger partial charge in [0.05, 0.1) is 5.39 Å². The van der Waals surface area contributed by atoms with Crippen molar-refractivity contribution in [3.63, 3.8) is 0 Å². The summed E-state index contributed by atoms with van der Waals surface area (Å²) in [6.45, 7) is 9.56. The number of aromatic amines is 1. The van der Waals surface area contributed by atoms with Crippen molar-refractivity contribution in [2.24, 2.45) is 0 Å². The molecule has 0 radical (unpaired) electrons. The van der Waals surface area contributed by atoms with Gasteiger partial charge in [-0.15, -0.1) is 0 Å². The van der Waals surface area contributed by atoms with Crippen LogP contribution in [0.4, 0.5) is 4.79 Å². The molecule has 0 spiro atoms. The molecule has 4 rings (SSSR count). The molecule has 0 atom stereocenters. The van der Waals surface area contributed by atoms with Gasteiger partial charge in [0, 0.05) is 38.4 Å². The molecule has 1 aliphatic rings. The lowest BCUT2D eigenvalue weighted by atomic mass is 10.1. The van der Waals surface area contributed by atoms with Crippen LogP contribution in [0.5, 0.6) is 0 Å².